The predicted octanol–water partition coefficient (Wildman–Crippen LogP) is 3.61. The van der Waals surface area contributed by atoms with Gasteiger partial charge >= 0.3 is 0 Å². The van der Waals surface area contributed by atoms with Gasteiger partial charge in [0.05, 0.1) is 5.69 Å². The van der Waals surface area contributed by atoms with E-state index in [0.717, 1.165) is 0 Å². The fraction of sp³-hybridized carbons (Fsp3) is 0.176. The van der Waals surface area contributed by atoms with Crippen LogP contribution in [0.2, 0.25) is 0 Å². The number of hydrogen-bond donors (Lipinski definition) is 1. The van der Waals surface area contributed by atoms with Gasteiger partial charge in [0, 0.05) is 24.5 Å². The van der Waals surface area contributed by atoms with Crippen LogP contribution in [0.5, 0.6) is 0 Å². The third kappa shape index (κ3) is 1.85. The summed E-state index contributed by atoms with van der Waals surface area (Å²) >= 11 is 0. The quantitative estimate of drug-likeness (QED) is 0.740. The molecule has 0 bridgehead atoms. The maximum atomic E-state index is 5.99. The number of fused-ring (bicyclic) bond motifs is 1. The fourth-order valence-electron chi connectivity index (χ4n) is 2.84. The minimum atomic E-state index is 0.560. The molecule has 0 spiro atoms. The molecule has 0 fully saturated rings. The van der Waals surface area contributed by atoms with Crippen molar-refractivity contribution in [3.63, 3.8) is 0 Å². The zero-order valence-electron chi connectivity index (χ0n) is 11.4. The topological polar surface area (TPSA) is 30.9 Å². The van der Waals surface area contributed by atoms with Gasteiger partial charge in [-0.2, -0.15) is 0 Å². The van der Waals surface area contributed by atoms with E-state index >= 15 is 0 Å². The zero-order valence-corrected chi connectivity index (χ0v) is 11.4. The second-order valence-corrected chi connectivity index (χ2v) is 4.98. The maximum absolute atomic E-state index is 5.99. The van der Waals surface area contributed by atoms with E-state index < -0.39 is 0 Å². The lowest BCUT2D eigenvalue weighted by molar-refractivity contribution is 0.959. The monoisotopic (exact) mass is 250 g/mol. The predicted molar refractivity (Wildman–Crippen MR) is 81.0 cm³/mol. The second-order valence-electron chi connectivity index (χ2n) is 4.98. The average molecular weight is 250 g/mol. The first-order valence-corrected chi connectivity index (χ1v) is 6.55. The van der Waals surface area contributed by atoms with Gasteiger partial charge in [0.25, 0.3) is 0 Å². The third-order valence-electron chi connectivity index (χ3n) is 3.71. The molecule has 1 aromatic heterocycles. The molecule has 3 rings (SSSR count). The first kappa shape index (κ1) is 12.0. The number of rotatable bonds is 2. The fourth-order valence-corrected chi connectivity index (χ4v) is 2.84. The molecule has 2 nitrogen and oxygen atoms in total. The lowest BCUT2D eigenvalue weighted by Gasteiger charge is -2.08. The molecule has 0 atom stereocenters. The standard InChI is InChI=1S/C17H18N2/c1-12-6-5-7-13(10-12)17-15(11-18)14-8-3-4-9-16(14)19(17)2/h3-10H,11,18H2,1-2H3. The van der Waals surface area contributed by atoms with E-state index in [2.05, 4.69) is 67.1 Å². The molecule has 0 radical (unpaired) electrons. The van der Waals surface area contributed by atoms with Crippen molar-refractivity contribution in [1.82, 2.24) is 4.57 Å². The van der Waals surface area contributed by atoms with E-state index in [1.165, 1.54) is 33.3 Å². The van der Waals surface area contributed by atoms with Crippen LogP contribution in [0.4, 0.5) is 0 Å². The van der Waals surface area contributed by atoms with Crippen molar-refractivity contribution in [2.45, 2.75) is 13.5 Å². The first-order valence-electron chi connectivity index (χ1n) is 6.55. The maximum Gasteiger partial charge on any atom is 0.0534 e. The Morgan fingerprint density at radius 2 is 1.84 bits per heavy atom. The summed E-state index contributed by atoms with van der Waals surface area (Å²) in [6, 6.07) is 17.0. The molecule has 2 aromatic carbocycles. The third-order valence-corrected chi connectivity index (χ3v) is 3.71. The van der Waals surface area contributed by atoms with Gasteiger partial charge in [0.1, 0.15) is 0 Å². The Hall–Kier alpha value is -2.06. The van der Waals surface area contributed by atoms with Gasteiger partial charge in [-0.25, -0.2) is 0 Å². The van der Waals surface area contributed by atoms with Gasteiger partial charge < -0.3 is 10.3 Å². The molecule has 0 saturated heterocycles. The lowest BCUT2D eigenvalue weighted by Crippen LogP contribution is -2.00. The molecule has 2 N–H and O–H groups in total. The Morgan fingerprint density at radius 3 is 2.58 bits per heavy atom. The van der Waals surface area contributed by atoms with E-state index in [1.54, 1.807) is 0 Å². The average Bonchev–Trinajstić information content (AvgIpc) is 2.72. The van der Waals surface area contributed by atoms with Crippen LogP contribution >= 0.6 is 0 Å². The molecule has 0 amide bonds. The minimum Gasteiger partial charge on any atom is -0.343 e. The molecule has 3 aromatic rings. The molecule has 19 heavy (non-hydrogen) atoms. The van der Waals surface area contributed by atoms with Crippen LogP contribution in [-0.2, 0) is 13.6 Å². The van der Waals surface area contributed by atoms with Gasteiger partial charge in [-0.3, -0.25) is 0 Å². The molecule has 2 heteroatoms. The van der Waals surface area contributed by atoms with Crippen LogP contribution in [0, 0.1) is 6.92 Å². The molecular formula is C17H18N2. The number of nitrogens with two attached hydrogens (primary N) is 1. The van der Waals surface area contributed by atoms with Crippen LogP contribution in [0.15, 0.2) is 48.5 Å². The zero-order chi connectivity index (χ0) is 13.4. The van der Waals surface area contributed by atoms with Crippen molar-refractivity contribution in [1.29, 1.82) is 0 Å². The van der Waals surface area contributed by atoms with Crippen LogP contribution in [0.25, 0.3) is 22.2 Å². The number of aryl methyl sites for hydroxylation is 2. The Labute approximate surface area is 113 Å². The van der Waals surface area contributed by atoms with Gasteiger partial charge in [0.15, 0.2) is 0 Å². The largest absolute Gasteiger partial charge is 0.343 e. The number of aromatic nitrogens is 1. The summed E-state index contributed by atoms with van der Waals surface area (Å²) in [6.45, 7) is 2.68. The molecule has 96 valence electrons. The van der Waals surface area contributed by atoms with Crippen molar-refractivity contribution < 1.29 is 0 Å². The van der Waals surface area contributed by atoms with E-state index in [9.17, 15) is 0 Å². The highest BCUT2D eigenvalue weighted by Crippen LogP contribution is 2.32. The summed E-state index contributed by atoms with van der Waals surface area (Å²) < 4.78 is 2.24. The second kappa shape index (κ2) is 4.56. The van der Waals surface area contributed by atoms with E-state index in [4.69, 9.17) is 5.73 Å². The van der Waals surface area contributed by atoms with Gasteiger partial charge in [-0.1, -0.05) is 42.0 Å². The molecule has 0 aliphatic rings. The summed E-state index contributed by atoms with van der Waals surface area (Å²) in [5.41, 5.74) is 12.2. The Bertz CT molecular complexity index is 738. The van der Waals surface area contributed by atoms with Crippen molar-refractivity contribution in [3.05, 3.63) is 59.7 Å². The molecule has 0 saturated carbocycles. The van der Waals surface area contributed by atoms with Crippen LogP contribution < -0.4 is 5.73 Å². The molecule has 1 heterocycles. The van der Waals surface area contributed by atoms with Gasteiger partial charge in [-0.15, -0.1) is 0 Å². The Balaban J connectivity index is 2.37. The SMILES string of the molecule is Cc1cccc(-c2c(CN)c3ccccc3n2C)c1. The molecular weight excluding hydrogens is 232 g/mol. The number of para-hydroxylation sites is 1. The van der Waals surface area contributed by atoms with Crippen molar-refractivity contribution in [3.8, 4) is 11.3 Å². The number of benzene rings is 2. The normalized spacial score (nSPS) is 11.1. The van der Waals surface area contributed by atoms with Crippen LogP contribution in [0.3, 0.4) is 0 Å². The van der Waals surface area contributed by atoms with E-state index in [-0.39, 0.29) is 0 Å². The summed E-state index contributed by atoms with van der Waals surface area (Å²) in [6.07, 6.45) is 0. The highest BCUT2D eigenvalue weighted by atomic mass is 15.0. The molecule has 0 unspecified atom stereocenters. The van der Waals surface area contributed by atoms with Crippen molar-refractivity contribution in [2.24, 2.45) is 12.8 Å². The number of nitrogens with zero attached hydrogens (tertiary/aromatic N) is 1. The highest BCUT2D eigenvalue weighted by molar-refractivity contribution is 5.91. The number of hydrogen-bond acceptors (Lipinski definition) is 1. The summed E-state index contributed by atoms with van der Waals surface area (Å²) in [7, 11) is 2.11. The van der Waals surface area contributed by atoms with Crippen molar-refractivity contribution >= 4 is 10.9 Å². The smallest absolute Gasteiger partial charge is 0.0534 e. The molecule has 0 aliphatic heterocycles. The highest BCUT2D eigenvalue weighted by Gasteiger charge is 2.14. The van der Waals surface area contributed by atoms with Gasteiger partial charge in [0.2, 0.25) is 0 Å². The van der Waals surface area contributed by atoms with Crippen LogP contribution in [-0.4, -0.2) is 4.57 Å². The van der Waals surface area contributed by atoms with Gasteiger partial charge in [-0.05, 0) is 30.2 Å². The minimum absolute atomic E-state index is 0.560. The van der Waals surface area contributed by atoms with E-state index in [0.29, 0.717) is 6.54 Å². The van der Waals surface area contributed by atoms with Crippen molar-refractivity contribution in [2.75, 3.05) is 0 Å². The Morgan fingerprint density at radius 1 is 1.05 bits per heavy atom. The van der Waals surface area contributed by atoms with E-state index in [1.807, 2.05) is 0 Å². The summed E-state index contributed by atoms with van der Waals surface area (Å²) in [5, 5.41) is 1.25. The summed E-state index contributed by atoms with van der Waals surface area (Å²) in [4.78, 5) is 0. The first-order chi connectivity index (χ1) is 9.22. The van der Waals surface area contributed by atoms with Crippen LogP contribution in [0.1, 0.15) is 11.1 Å². The molecule has 0 aliphatic carbocycles. The Kier molecular flexibility index (Phi) is 2.88. The lowest BCUT2D eigenvalue weighted by atomic mass is 10.0. The summed E-state index contributed by atoms with van der Waals surface area (Å²) in [5.74, 6) is 0.